The van der Waals surface area contributed by atoms with Crippen LogP contribution in [0.3, 0.4) is 0 Å². The van der Waals surface area contributed by atoms with Gasteiger partial charge in [-0.25, -0.2) is 13.5 Å². The Morgan fingerprint density at radius 1 is 1.33 bits per heavy atom. The fourth-order valence-electron chi connectivity index (χ4n) is 3.87. The minimum Gasteiger partial charge on any atom is -0.414 e. The van der Waals surface area contributed by atoms with Crippen LogP contribution in [0.1, 0.15) is 35.1 Å². The van der Waals surface area contributed by atoms with Crippen LogP contribution < -0.4 is 5.32 Å². The van der Waals surface area contributed by atoms with Gasteiger partial charge in [0.05, 0.1) is 6.04 Å². The third kappa shape index (κ3) is 6.10. The second kappa shape index (κ2) is 11.6. The number of rotatable bonds is 9. The average Bonchev–Trinajstić information content (AvgIpc) is 2.76. The summed E-state index contributed by atoms with van der Waals surface area (Å²) in [7, 11) is 2.46. The Morgan fingerprint density at radius 3 is 2.61 bits per heavy atom. The lowest BCUT2D eigenvalue weighted by molar-refractivity contribution is -0.107. The molecule has 0 radical (unpaired) electrons. The maximum atomic E-state index is 15.0. The van der Waals surface area contributed by atoms with Gasteiger partial charge in [-0.15, -0.1) is 0 Å². The van der Waals surface area contributed by atoms with E-state index in [9.17, 15) is 14.0 Å². The Hall–Kier alpha value is -2.48. The number of nitrogens with one attached hydrogen (secondary N) is 1. The third-order valence-electron chi connectivity index (χ3n) is 5.74. The number of hydrogen-bond donors (Lipinski definition) is 1. The van der Waals surface area contributed by atoms with Crippen molar-refractivity contribution in [1.29, 1.82) is 0 Å². The number of benzene rings is 2. The lowest BCUT2D eigenvalue weighted by Gasteiger charge is -2.36. The van der Waals surface area contributed by atoms with Crippen molar-refractivity contribution in [3.63, 3.8) is 0 Å². The van der Waals surface area contributed by atoms with E-state index in [1.54, 1.807) is 18.2 Å². The summed E-state index contributed by atoms with van der Waals surface area (Å²) in [4.78, 5) is 24.0. The van der Waals surface area contributed by atoms with Gasteiger partial charge in [0.1, 0.15) is 17.9 Å². The number of halogens is 2. The monoisotopic (exact) mass is 492 g/mol. The normalized spacial score (nSPS) is 13.8. The topological polar surface area (TPSA) is 58.6 Å². The van der Waals surface area contributed by atoms with Crippen LogP contribution in [0, 0.1) is 19.7 Å². The Labute approximate surface area is 202 Å². The zero-order chi connectivity index (χ0) is 24.9. The second-order valence-electron chi connectivity index (χ2n) is 7.78. The van der Waals surface area contributed by atoms with Crippen molar-refractivity contribution in [3.8, 4) is 0 Å². The van der Waals surface area contributed by atoms with Crippen molar-refractivity contribution >= 4 is 40.5 Å². The summed E-state index contributed by atoms with van der Waals surface area (Å²) in [5.74, 6) is 3.72. The third-order valence-corrected chi connectivity index (χ3v) is 7.80. The number of aldehydes is 1. The van der Waals surface area contributed by atoms with E-state index in [4.69, 9.17) is 16.3 Å². The van der Waals surface area contributed by atoms with E-state index in [-0.39, 0.29) is 18.0 Å². The molecule has 0 aliphatic heterocycles. The van der Waals surface area contributed by atoms with Gasteiger partial charge in [-0.05, 0) is 67.4 Å². The number of carbonyl (C=O) groups excluding carboxylic acids is 2. The molecular formula is C25H30ClFN2O3S. The minimum absolute atomic E-state index is 0.164. The molecule has 0 saturated carbocycles. The molecule has 0 aliphatic rings. The Bertz CT molecular complexity index is 1090. The number of hydrogen-bond acceptors (Lipinski definition) is 4. The van der Waals surface area contributed by atoms with Crippen LogP contribution in [0.15, 0.2) is 47.6 Å². The van der Waals surface area contributed by atoms with E-state index in [0.717, 1.165) is 27.9 Å². The molecule has 3 atom stereocenters. The van der Waals surface area contributed by atoms with Crippen LogP contribution in [0.2, 0.25) is 5.02 Å². The number of carbonyl (C=O) groups is 2. The van der Waals surface area contributed by atoms with Crippen molar-refractivity contribution in [1.82, 2.24) is 9.62 Å². The van der Waals surface area contributed by atoms with Gasteiger partial charge < -0.3 is 14.8 Å². The van der Waals surface area contributed by atoms with Crippen LogP contribution in [0.25, 0.3) is 0 Å². The predicted molar refractivity (Wildman–Crippen MR) is 135 cm³/mol. The van der Waals surface area contributed by atoms with E-state index in [2.05, 4.69) is 17.8 Å². The molecule has 2 unspecified atom stereocenters. The van der Waals surface area contributed by atoms with Gasteiger partial charge in [0.2, 0.25) is 0 Å². The molecule has 178 valence electrons. The summed E-state index contributed by atoms with van der Waals surface area (Å²) in [5, 5.41) is 2.93. The molecule has 8 heteroatoms. The minimum atomic E-state index is -0.809. The molecule has 2 rings (SSSR count). The number of ether oxygens (including phenoxy) is 1. The molecule has 0 aliphatic carbocycles. The lowest BCUT2D eigenvalue weighted by Crippen LogP contribution is -2.37. The van der Waals surface area contributed by atoms with E-state index >= 15 is 0 Å². The van der Waals surface area contributed by atoms with Crippen molar-refractivity contribution in [3.05, 3.63) is 75.8 Å². The zero-order valence-corrected chi connectivity index (χ0v) is 21.1. The predicted octanol–water partition coefficient (Wildman–Crippen LogP) is 5.79. The first-order valence-corrected chi connectivity index (χ1v) is 12.1. The number of amides is 1. The second-order valence-corrected chi connectivity index (χ2v) is 9.96. The van der Waals surface area contributed by atoms with Gasteiger partial charge in [0, 0.05) is 29.3 Å². The molecule has 2 aromatic rings. The molecule has 0 fully saturated rings. The summed E-state index contributed by atoms with van der Waals surface area (Å²) in [6.45, 7) is 9.66. The largest absolute Gasteiger partial charge is 0.414 e. The van der Waals surface area contributed by atoms with Crippen LogP contribution in [0.4, 0.5) is 9.18 Å². The van der Waals surface area contributed by atoms with Gasteiger partial charge in [-0.3, -0.25) is 0 Å². The van der Waals surface area contributed by atoms with Gasteiger partial charge in [-0.2, -0.15) is 0 Å². The first kappa shape index (κ1) is 26.8. The smallest absolute Gasteiger partial charge is 0.412 e. The fourth-order valence-corrected chi connectivity index (χ4v) is 5.62. The summed E-state index contributed by atoms with van der Waals surface area (Å²) in [6, 6.07) is 7.89. The zero-order valence-electron chi connectivity index (χ0n) is 19.6. The molecule has 0 bridgehead atoms. The summed E-state index contributed by atoms with van der Waals surface area (Å²) >= 11 is 6.14. The number of nitrogens with zero attached hydrogens (tertiary/aromatic N) is 1. The quantitative estimate of drug-likeness (QED) is 0.273. The van der Waals surface area contributed by atoms with E-state index < -0.39 is 28.7 Å². The molecule has 2 aromatic carbocycles. The summed E-state index contributed by atoms with van der Waals surface area (Å²) in [5.41, 5.74) is 3.06. The lowest BCUT2D eigenvalue weighted by atomic mass is 9.87. The van der Waals surface area contributed by atoms with Crippen LogP contribution in [-0.4, -0.2) is 42.7 Å². The molecule has 0 saturated heterocycles. The number of aryl methyl sites for hydroxylation is 1. The van der Waals surface area contributed by atoms with Crippen LogP contribution in [-0.2, 0) is 16.0 Å². The highest BCUT2D eigenvalue weighted by molar-refractivity contribution is 8.12. The maximum Gasteiger partial charge on any atom is 0.412 e. The van der Waals surface area contributed by atoms with E-state index in [1.165, 1.54) is 13.1 Å². The molecule has 0 heterocycles. The fraction of sp³-hybridized carbons (Fsp3) is 0.320. The highest BCUT2D eigenvalue weighted by Crippen LogP contribution is 2.41. The first-order valence-electron chi connectivity index (χ1n) is 10.4. The van der Waals surface area contributed by atoms with E-state index in [1.807, 2.05) is 38.2 Å². The average molecular weight is 493 g/mol. The Kier molecular flexibility index (Phi) is 9.40. The number of likely N-dealkylation sites (N-methyl/N-ethyl adjacent to an activating group) is 1. The van der Waals surface area contributed by atoms with Gasteiger partial charge in [0.25, 0.3) is 0 Å². The first-order chi connectivity index (χ1) is 15.5. The SMILES string of the molecule is C=C(OC(=O)NC)[C@H](C(C)c1c(F)ccc(C)c1C)N(C)S(=C)c1ccc(Cl)cc1CC=O. The van der Waals surface area contributed by atoms with Crippen molar-refractivity contribution in [2.45, 2.75) is 44.0 Å². The van der Waals surface area contributed by atoms with Crippen molar-refractivity contribution < 1.29 is 18.7 Å². The standard InChI is InChI=1S/C25H30ClFN2O3S/c1-15-8-10-21(27)23(16(15)2)17(3)24(18(4)32-25(31)28-5)29(6)33(7)22-11-9-20(26)14-19(22)12-13-30/h8-11,13-14,17,24H,4,7,12H2,1-3,5-6H3,(H,28,31)/t17?,24-,33?/m0/s1. The van der Waals surface area contributed by atoms with Gasteiger partial charge in [0.15, 0.2) is 0 Å². The summed E-state index contributed by atoms with van der Waals surface area (Å²) < 4.78 is 22.3. The van der Waals surface area contributed by atoms with Crippen molar-refractivity contribution in [2.75, 3.05) is 14.1 Å². The molecule has 1 amide bonds. The molecule has 33 heavy (non-hydrogen) atoms. The molecular weight excluding hydrogens is 463 g/mol. The summed E-state index contributed by atoms with van der Waals surface area (Å²) in [6.07, 6.45) is 0.333. The van der Waals surface area contributed by atoms with Gasteiger partial charge in [-0.1, -0.05) is 47.7 Å². The highest BCUT2D eigenvalue weighted by atomic mass is 35.5. The van der Waals surface area contributed by atoms with Crippen LogP contribution >= 0.6 is 22.3 Å². The van der Waals surface area contributed by atoms with E-state index in [0.29, 0.717) is 10.6 Å². The van der Waals surface area contributed by atoms with Crippen LogP contribution in [0.5, 0.6) is 0 Å². The Morgan fingerprint density at radius 2 is 2.00 bits per heavy atom. The molecule has 0 aromatic heterocycles. The number of alkyl carbamates (subject to hydrolysis) is 1. The van der Waals surface area contributed by atoms with Gasteiger partial charge >= 0.3 is 6.09 Å². The maximum absolute atomic E-state index is 15.0. The Balaban J connectivity index is 2.58. The molecule has 1 N–H and O–H groups in total. The highest BCUT2D eigenvalue weighted by Gasteiger charge is 2.33. The van der Waals surface area contributed by atoms with Crippen molar-refractivity contribution in [2.24, 2.45) is 0 Å². The molecule has 5 nitrogen and oxygen atoms in total. The molecule has 0 spiro atoms.